The van der Waals surface area contributed by atoms with Crippen molar-refractivity contribution in [1.29, 1.82) is 0 Å². The van der Waals surface area contributed by atoms with Crippen molar-refractivity contribution in [2.24, 2.45) is 11.7 Å². The molecular formula is C18H21FN2OS. The van der Waals surface area contributed by atoms with Gasteiger partial charge in [0.05, 0.1) is 4.88 Å². The minimum absolute atomic E-state index is 0.0786. The molecule has 0 spiro atoms. The Labute approximate surface area is 139 Å². The molecule has 122 valence electrons. The van der Waals surface area contributed by atoms with E-state index >= 15 is 0 Å². The van der Waals surface area contributed by atoms with Gasteiger partial charge in [0.25, 0.3) is 5.91 Å². The van der Waals surface area contributed by atoms with Crippen molar-refractivity contribution in [3.63, 3.8) is 0 Å². The summed E-state index contributed by atoms with van der Waals surface area (Å²) < 4.78 is 13.1. The minimum Gasteiger partial charge on any atom is -0.335 e. The summed E-state index contributed by atoms with van der Waals surface area (Å²) in [6.45, 7) is 5.43. The Balaban J connectivity index is 1.86. The van der Waals surface area contributed by atoms with Gasteiger partial charge in [-0.25, -0.2) is 4.39 Å². The van der Waals surface area contributed by atoms with Gasteiger partial charge in [0.2, 0.25) is 0 Å². The minimum atomic E-state index is -0.253. The van der Waals surface area contributed by atoms with Crippen molar-refractivity contribution in [1.82, 2.24) is 4.90 Å². The van der Waals surface area contributed by atoms with Crippen LogP contribution in [0.2, 0.25) is 0 Å². The molecule has 3 nitrogen and oxygen atoms in total. The zero-order chi connectivity index (χ0) is 16.6. The zero-order valence-corrected chi connectivity index (χ0v) is 14.2. The van der Waals surface area contributed by atoms with Crippen molar-refractivity contribution in [2.75, 3.05) is 13.1 Å². The van der Waals surface area contributed by atoms with Gasteiger partial charge in [0.1, 0.15) is 5.82 Å². The lowest BCUT2D eigenvalue weighted by Gasteiger charge is -2.20. The largest absolute Gasteiger partial charge is 0.335 e. The molecule has 0 radical (unpaired) electrons. The van der Waals surface area contributed by atoms with E-state index in [-0.39, 0.29) is 17.8 Å². The van der Waals surface area contributed by atoms with Gasteiger partial charge in [-0.2, -0.15) is 0 Å². The summed E-state index contributed by atoms with van der Waals surface area (Å²) in [5.74, 6) is 0.221. The Hall–Kier alpha value is -1.72. The molecule has 3 rings (SSSR count). The van der Waals surface area contributed by atoms with Crippen LogP contribution in [0.5, 0.6) is 0 Å². The number of carbonyl (C=O) groups excluding carboxylic acids is 1. The van der Waals surface area contributed by atoms with E-state index in [1.54, 1.807) is 12.1 Å². The second-order valence-corrected chi connectivity index (χ2v) is 7.49. The first-order chi connectivity index (χ1) is 11.0. The lowest BCUT2D eigenvalue weighted by atomic mass is 10.1. The maximum absolute atomic E-state index is 13.1. The SMILES string of the molecule is Cc1sc(C(=O)N2CC(CN)CC2C)cc1-c1ccc(F)cc1. The number of likely N-dealkylation sites (tertiary alicyclic amines) is 1. The first-order valence-electron chi connectivity index (χ1n) is 7.87. The lowest BCUT2D eigenvalue weighted by Crippen LogP contribution is -2.33. The molecule has 1 aromatic carbocycles. The molecule has 1 amide bonds. The van der Waals surface area contributed by atoms with Gasteiger partial charge in [-0.15, -0.1) is 11.3 Å². The Morgan fingerprint density at radius 2 is 2.09 bits per heavy atom. The highest BCUT2D eigenvalue weighted by atomic mass is 32.1. The van der Waals surface area contributed by atoms with Crippen LogP contribution in [-0.4, -0.2) is 29.9 Å². The summed E-state index contributed by atoms with van der Waals surface area (Å²) >= 11 is 1.50. The summed E-state index contributed by atoms with van der Waals surface area (Å²) in [5.41, 5.74) is 7.69. The monoisotopic (exact) mass is 332 g/mol. The number of hydrogen-bond donors (Lipinski definition) is 1. The van der Waals surface area contributed by atoms with Crippen LogP contribution in [0.15, 0.2) is 30.3 Å². The fraction of sp³-hybridized carbons (Fsp3) is 0.389. The number of halogens is 1. The van der Waals surface area contributed by atoms with E-state index < -0.39 is 0 Å². The third-order valence-corrected chi connectivity index (χ3v) is 5.58. The van der Waals surface area contributed by atoms with Gasteiger partial charge in [-0.1, -0.05) is 12.1 Å². The number of aryl methyl sites for hydroxylation is 1. The van der Waals surface area contributed by atoms with Crippen LogP contribution < -0.4 is 5.73 Å². The van der Waals surface area contributed by atoms with Gasteiger partial charge in [0.15, 0.2) is 0 Å². The topological polar surface area (TPSA) is 46.3 Å². The van der Waals surface area contributed by atoms with Crippen LogP contribution in [0.1, 0.15) is 27.9 Å². The van der Waals surface area contributed by atoms with E-state index in [0.29, 0.717) is 12.5 Å². The molecule has 1 aliphatic heterocycles. The highest BCUT2D eigenvalue weighted by Gasteiger charge is 2.33. The van der Waals surface area contributed by atoms with Crippen molar-refractivity contribution in [2.45, 2.75) is 26.3 Å². The molecule has 1 saturated heterocycles. The molecular weight excluding hydrogens is 311 g/mol. The maximum atomic E-state index is 13.1. The summed E-state index contributed by atoms with van der Waals surface area (Å²) in [6.07, 6.45) is 0.970. The van der Waals surface area contributed by atoms with Crippen LogP contribution in [0.3, 0.4) is 0 Å². The summed E-state index contributed by atoms with van der Waals surface area (Å²) in [4.78, 5) is 16.5. The normalized spacial score (nSPS) is 21.0. The summed E-state index contributed by atoms with van der Waals surface area (Å²) in [6, 6.07) is 8.55. The smallest absolute Gasteiger partial charge is 0.264 e. The van der Waals surface area contributed by atoms with Crippen molar-refractivity contribution < 1.29 is 9.18 Å². The number of amides is 1. The average Bonchev–Trinajstić information content (AvgIpc) is 3.10. The Kier molecular flexibility index (Phi) is 4.50. The lowest BCUT2D eigenvalue weighted by molar-refractivity contribution is 0.0748. The highest BCUT2D eigenvalue weighted by molar-refractivity contribution is 7.14. The number of nitrogens with two attached hydrogens (primary N) is 1. The predicted octanol–water partition coefficient (Wildman–Crippen LogP) is 3.67. The van der Waals surface area contributed by atoms with E-state index in [1.165, 1.54) is 23.5 Å². The third kappa shape index (κ3) is 3.16. The molecule has 23 heavy (non-hydrogen) atoms. The molecule has 0 bridgehead atoms. The first kappa shape index (κ1) is 16.1. The number of thiophene rings is 1. The van der Waals surface area contributed by atoms with Crippen LogP contribution in [0.4, 0.5) is 4.39 Å². The Bertz CT molecular complexity index is 710. The second kappa shape index (κ2) is 6.42. The molecule has 1 aromatic heterocycles. The predicted molar refractivity (Wildman–Crippen MR) is 92.1 cm³/mol. The summed E-state index contributed by atoms with van der Waals surface area (Å²) in [5, 5.41) is 0. The maximum Gasteiger partial charge on any atom is 0.264 e. The fourth-order valence-corrected chi connectivity index (χ4v) is 4.24. The zero-order valence-electron chi connectivity index (χ0n) is 13.4. The van der Waals surface area contributed by atoms with Crippen molar-refractivity contribution in [3.05, 3.63) is 45.9 Å². The van der Waals surface area contributed by atoms with E-state index in [1.807, 2.05) is 17.9 Å². The average molecular weight is 332 g/mol. The molecule has 2 atom stereocenters. The number of benzene rings is 1. The molecule has 5 heteroatoms. The quantitative estimate of drug-likeness (QED) is 0.932. The number of rotatable bonds is 3. The van der Waals surface area contributed by atoms with Gasteiger partial charge < -0.3 is 10.6 Å². The van der Waals surface area contributed by atoms with Crippen LogP contribution in [-0.2, 0) is 0 Å². The molecule has 2 heterocycles. The Morgan fingerprint density at radius 1 is 1.39 bits per heavy atom. The summed E-state index contributed by atoms with van der Waals surface area (Å²) in [7, 11) is 0. The number of hydrogen-bond acceptors (Lipinski definition) is 3. The van der Waals surface area contributed by atoms with E-state index in [4.69, 9.17) is 5.73 Å². The number of carbonyl (C=O) groups is 1. The molecule has 0 saturated carbocycles. The molecule has 2 aromatic rings. The Morgan fingerprint density at radius 3 is 2.70 bits per heavy atom. The standard InChI is InChI=1S/C18H21FN2OS/c1-11-7-13(9-20)10-21(11)18(22)17-8-16(12(2)23-17)14-3-5-15(19)6-4-14/h3-6,8,11,13H,7,9-10,20H2,1-2H3. The fourth-order valence-electron chi connectivity index (χ4n) is 3.24. The molecule has 2 unspecified atom stereocenters. The van der Waals surface area contributed by atoms with Crippen LogP contribution in [0, 0.1) is 18.7 Å². The van der Waals surface area contributed by atoms with Crippen molar-refractivity contribution in [3.8, 4) is 11.1 Å². The van der Waals surface area contributed by atoms with Gasteiger partial charge in [-0.3, -0.25) is 4.79 Å². The van der Waals surface area contributed by atoms with Gasteiger partial charge in [0, 0.05) is 17.5 Å². The first-order valence-corrected chi connectivity index (χ1v) is 8.68. The second-order valence-electron chi connectivity index (χ2n) is 6.23. The molecule has 2 N–H and O–H groups in total. The molecule has 1 fully saturated rings. The molecule has 1 aliphatic rings. The number of nitrogens with zero attached hydrogens (tertiary/aromatic N) is 1. The van der Waals surface area contributed by atoms with E-state index in [0.717, 1.165) is 33.8 Å². The van der Waals surface area contributed by atoms with Crippen LogP contribution >= 0.6 is 11.3 Å². The van der Waals surface area contributed by atoms with Crippen LogP contribution in [0.25, 0.3) is 11.1 Å². The van der Waals surface area contributed by atoms with E-state index in [9.17, 15) is 9.18 Å². The van der Waals surface area contributed by atoms with Gasteiger partial charge >= 0.3 is 0 Å². The molecule has 0 aliphatic carbocycles. The van der Waals surface area contributed by atoms with E-state index in [2.05, 4.69) is 6.92 Å². The van der Waals surface area contributed by atoms with Gasteiger partial charge in [-0.05, 0) is 62.1 Å². The van der Waals surface area contributed by atoms with Crippen molar-refractivity contribution >= 4 is 17.2 Å². The third-order valence-electron chi connectivity index (χ3n) is 4.54. The highest BCUT2D eigenvalue weighted by Crippen LogP contribution is 2.33.